The zero-order valence-corrected chi connectivity index (χ0v) is 12.0. The molecule has 0 saturated heterocycles. The Labute approximate surface area is 118 Å². The highest BCUT2D eigenvalue weighted by Gasteiger charge is 2.31. The third kappa shape index (κ3) is 7.42. The smallest absolute Gasteiger partial charge is 0.511 e. The van der Waals surface area contributed by atoms with Gasteiger partial charge in [-0.15, -0.1) is 0 Å². The summed E-state index contributed by atoms with van der Waals surface area (Å²) in [5, 5.41) is 26.9. The molecule has 0 bridgehead atoms. The number of hydrogen-bond acceptors (Lipinski definition) is 6. The number of benzene rings is 1. The SMILES string of the molecule is CC(C)(O)C(C)(C)O.NOB(O)Oc1ccc(F)cc1. The molecule has 0 fully saturated rings. The van der Waals surface area contributed by atoms with Crippen LogP contribution >= 0.6 is 0 Å². The zero-order chi connectivity index (χ0) is 16.0. The van der Waals surface area contributed by atoms with Gasteiger partial charge in [-0.25, -0.2) is 10.3 Å². The first-order chi connectivity index (χ1) is 8.97. The van der Waals surface area contributed by atoms with Crippen molar-refractivity contribution in [2.45, 2.75) is 38.9 Å². The van der Waals surface area contributed by atoms with Gasteiger partial charge >= 0.3 is 7.32 Å². The van der Waals surface area contributed by atoms with Crippen LogP contribution in [-0.2, 0) is 4.76 Å². The summed E-state index contributed by atoms with van der Waals surface area (Å²) in [5.74, 6) is 4.49. The van der Waals surface area contributed by atoms with Gasteiger partial charge in [0, 0.05) is 0 Å². The molecule has 0 saturated carbocycles. The van der Waals surface area contributed by atoms with Gasteiger partial charge in [-0.2, -0.15) is 0 Å². The molecule has 8 heteroatoms. The fourth-order valence-electron chi connectivity index (χ4n) is 0.657. The minimum Gasteiger partial charge on any atom is -0.511 e. The average Bonchev–Trinajstić information content (AvgIpc) is 2.30. The second kappa shape index (κ2) is 7.56. The standard InChI is InChI=1S/C6H7BFNO3.C6H14O2/c8-5-1-3-6(4-2-5)11-7(10)12-9;1-5(2,7)6(3,4)8/h1-4,10H,9H2;7-8H,1-4H3. The van der Waals surface area contributed by atoms with Crippen LogP contribution in [0.1, 0.15) is 27.7 Å². The Kier molecular flexibility index (Phi) is 7.11. The molecule has 0 aliphatic carbocycles. The van der Waals surface area contributed by atoms with E-state index < -0.39 is 18.5 Å². The lowest BCUT2D eigenvalue weighted by Crippen LogP contribution is -2.44. The molecule has 0 aliphatic rings. The Bertz CT molecular complexity index is 376. The van der Waals surface area contributed by atoms with Crippen LogP contribution in [-0.4, -0.2) is 33.8 Å². The quantitative estimate of drug-likeness (QED) is 0.478. The van der Waals surface area contributed by atoms with E-state index in [-0.39, 0.29) is 11.6 Å². The first kappa shape index (κ1) is 18.8. The summed E-state index contributed by atoms with van der Waals surface area (Å²) in [6, 6.07) is 5.08. The van der Waals surface area contributed by atoms with Crippen LogP contribution in [0.4, 0.5) is 4.39 Å². The van der Waals surface area contributed by atoms with E-state index in [0.717, 1.165) is 0 Å². The van der Waals surface area contributed by atoms with E-state index in [2.05, 4.69) is 15.3 Å². The predicted octanol–water partition coefficient (Wildman–Crippen LogP) is 0.600. The van der Waals surface area contributed by atoms with Crippen LogP contribution < -0.4 is 10.6 Å². The Hall–Kier alpha value is -1.19. The van der Waals surface area contributed by atoms with Crippen LogP contribution in [0.5, 0.6) is 5.75 Å². The Morgan fingerprint density at radius 3 is 1.75 bits per heavy atom. The molecule has 6 nitrogen and oxygen atoms in total. The first-order valence-corrected chi connectivity index (χ1v) is 5.88. The monoisotopic (exact) mass is 289 g/mol. The molecule has 1 aromatic carbocycles. The molecular formula is C12H21BFNO5. The van der Waals surface area contributed by atoms with Gasteiger partial charge in [-0.1, -0.05) is 0 Å². The minimum atomic E-state index is -1.53. The fraction of sp³-hybridized carbons (Fsp3) is 0.500. The van der Waals surface area contributed by atoms with E-state index in [4.69, 9.17) is 15.2 Å². The summed E-state index contributed by atoms with van der Waals surface area (Å²) in [5.41, 5.74) is -2.01. The van der Waals surface area contributed by atoms with Crippen molar-refractivity contribution >= 4 is 7.32 Å². The van der Waals surface area contributed by atoms with E-state index in [0.29, 0.717) is 0 Å². The average molecular weight is 289 g/mol. The number of nitrogens with two attached hydrogens (primary N) is 1. The maximum absolute atomic E-state index is 12.3. The summed E-state index contributed by atoms with van der Waals surface area (Å²) < 4.78 is 20.9. The lowest BCUT2D eigenvalue weighted by atomic mass is 9.90. The van der Waals surface area contributed by atoms with Gasteiger partial charge in [-0.05, 0) is 52.0 Å². The molecule has 0 aliphatic heterocycles. The van der Waals surface area contributed by atoms with Crippen molar-refractivity contribution in [3.63, 3.8) is 0 Å². The predicted molar refractivity (Wildman–Crippen MR) is 72.9 cm³/mol. The maximum atomic E-state index is 12.3. The van der Waals surface area contributed by atoms with Crippen molar-refractivity contribution in [1.82, 2.24) is 0 Å². The zero-order valence-electron chi connectivity index (χ0n) is 12.0. The molecule has 20 heavy (non-hydrogen) atoms. The maximum Gasteiger partial charge on any atom is 0.727 e. The molecule has 0 unspecified atom stereocenters. The van der Waals surface area contributed by atoms with E-state index >= 15 is 0 Å². The second-order valence-corrected chi connectivity index (χ2v) is 5.13. The molecule has 0 atom stereocenters. The highest BCUT2D eigenvalue weighted by atomic mass is 19.1. The van der Waals surface area contributed by atoms with E-state index in [1.807, 2.05) is 0 Å². The molecule has 0 radical (unpaired) electrons. The molecule has 1 rings (SSSR count). The molecule has 0 amide bonds. The van der Waals surface area contributed by atoms with E-state index in [9.17, 15) is 4.39 Å². The number of halogens is 1. The van der Waals surface area contributed by atoms with Crippen molar-refractivity contribution in [2.75, 3.05) is 0 Å². The lowest BCUT2D eigenvalue weighted by Gasteiger charge is -2.31. The van der Waals surface area contributed by atoms with Crippen LogP contribution in [0.15, 0.2) is 24.3 Å². The Morgan fingerprint density at radius 1 is 1.05 bits per heavy atom. The van der Waals surface area contributed by atoms with Crippen molar-refractivity contribution in [2.24, 2.45) is 5.90 Å². The Balaban J connectivity index is 0.000000396. The lowest BCUT2D eigenvalue weighted by molar-refractivity contribution is -0.107. The summed E-state index contributed by atoms with van der Waals surface area (Å²) in [6.07, 6.45) is 0. The summed E-state index contributed by atoms with van der Waals surface area (Å²) in [4.78, 5) is 0. The number of aliphatic hydroxyl groups is 2. The molecule has 114 valence electrons. The molecule has 1 aromatic rings. The topological polar surface area (TPSA) is 105 Å². The number of hydrogen-bond donors (Lipinski definition) is 4. The van der Waals surface area contributed by atoms with Crippen LogP contribution in [0.2, 0.25) is 0 Å². The molecule has 0 aromatic heterocycles. The third-order valence-electron chi connectivity index (χ3n) is 2.66. The molecule has 0 heterocycles. The first-order valence-electron chi connectivity index (χ1n) is 5.88. The van der Waals surface area contributed by atoms with Crippen molar-refractivity contribution in [3.05, 3.63) is 30.1 Å². The summed E-state index contributed by atoms with van der Waals surface area (Å²) in [6.45, 7) is 6.31. The normalized spacial score (nSPS) is 11.4. The minimum absolute atomic E-state index is 0.273. The highest BCUT2D eigenvalue weighted by molar-refractivity contribution is 6.35. The van der Waals surface area contributed by atoms with E-state index in [1.165, 1.54) is 24.3 Å². The van der Waals surface area contributed by atoms with Gasteiger partial charge in [0.25, 0.3) is 0 Å². The highest BCUT2D eigenvalue weighted by Crippen LogP contribution is 2.19. The van der Waals surface area contributed by atoms with Crippen molar-refractivity contribution in [3.8, 4) is 5.75 Å². The van der Waals surface area contributed by atoms with Crippen LogP contribution in [0, 0.1) is 5.82 Å². The second-order valence-electron chi connectivity index (χ2n) is 5.13. The summed E-state index contributed by atoms with van der Waals surface area (Å²) in [7, 11) is -1.53. The fourth-order valence-corrected chi connectivity index (χ4v) is 0.657. The van der Waals surface area contributed by atoms with E-state index in [1.54, 1.807) is 27.7 Å². The Morgan fingerprint density at radius 2 is 1.45 bits per heavy atom. The molecule has 5 N–H and O–H groups in total. The van der Waals surface area contributed by atoms with Gasteiger partial charge in [0.2, 0.25) is 0 Å². The summed E-state index contributed by atoms with van der Waals surface area (Å²) >= 11 is 0. The molecular weight excluding hydrogens is 268 g/mol. The van der Waals surface area contributed by atoms with Crippen LogP contribution in [0.25, 0.3) is 0 Å². The van der Waals surface area contributed by atoms with Gasteiger partial charge in [0.1, 0.15) is 11.6 Å². The van der Waals surface area contributed by atoms with Gasteiger partial charge in [0.15, 0.2) is 0 Å². The van der Waals surface area contributed by atoms with Crippen molar-refractivity contribution in [1.29, 1.82) is 0 Å². The largest absolute Gasteiger partial charge is 0.727 e. The molecule has 0 spiro atoms. The van der Waals surface area contributed by atoms with Crippen LogP contribution in [0.3, 0.4) is 0 Å². The van der Waals surface area contributed by atoms with Gasteiger partial charge < -0.3 is 19.9 Å². The van der Waals surface area contributed by atoms with Crippen molar-refractivity contribution < 1.29 is 29.0 Å². The van der Waals surface area contributed by atoms with Gasteiger partial charge in [-0.3, -0.25) is 4.76 Å². The van der Waals surface area contributed by atoms with Gasteiger partial charge in [0.05, 0.1) is 11.2 Å². The third-order valence-corrected chi connectivity index (χ3v) is 2.66. The number of rotatable bonds is 4.